The molecule has 1 aromatic heterocycles. The van der Waals surface area contributed by atoms with Crippen molar-refractivity contribution in [1.29, 1.82) is 0 Å². The van der Waals surface area contributed by atoms with Crippen LogP contribution in [-0.4, -0.2) is 24.4 Å². The Balaban J connectivity index is 1.82. The Morgan fingerprint density at radius 3 is 2.86 bits per heavy atom. The molecule has 6 heteroatoms. The van der Waals surface area contributed by atoms with E-state index in [-0.39, 0.29) is 11.6 Å². The molecule has 0 fully saturated rings. The molecule has 0 atom stereocenters. The molecule has 0 bridgehead atoms. The molecule has 2 aromatic rings. The minimum Gasteiger partial charge on any atom is -0.399 e. The summed E-state index contributed by atoms with van der Waals surface area (Å²) in [6.45, 7) is 3.49. The van der Waals surface area contributed by atoms with Gasteiger partial charge in [-0.1, -0.05) is 0 Å². The number of nitrogen functional groups attached to an aromatic ring is 1. The van der Waals surface area contributed by atoms with E-state index in [4.69, 9.17) is 5.73 Å². The number of nitrogens with one attached hydrogen (secondary N) is 1. The minimum absolute atomic E-state index is 0.127. The average Bonchev–Trinajstić information content (AvgIpc) is 2.86. The number of hydrogen-bond acceptors (Lipinski definition) is 4. The van der Waals surface area contributed by atoms with E-state index in [2.05, 4.69) is 28.6 Å². The lowest BCUT2D eigenvalue weighted by Crippen LogP contribution is -2.24. The van der Waals surface area contributed by atoms with E-state index in [1.165, 1.54) is 28.6 Å². The van der Waals surface area contributed by atoms with Crippen molar-refractivity contribution in [2.24, 2.45) is 0 Å². The highest BCUT2D eigenvalue weighted by atomic mass is 32.1. The molecule has 0 spiro atoms. The maximum absolute atomic E-state index is 13.5. The van der Waals surface area contributed by atoms with Crippen molar-refractivity contribution in [3.63, 3.8) is 0 Å². The molecule has 22 heavy (non-hydrogen) atoms. The summed E-state index contributed by atoms with van der Waals surface area (Å²) >= 11 is 1.71. The number of carbonyl (C=O) groups is 1. The van der Waals surface area contributed by atoms with Crippen LogP contribution in [0.5, 0.6) is 0 Å². The molecule has 3 N–H and O–H groups in total. The Bertz CT molecular complexity index is 657. The highest BCUT2D eigenvalue weighted by Gasteiger charge is 2.10. The summed E-state index contributed by atoms with van der Waals surface area (Å²) in [4.78, 5) is 15.3. The van der Waals surface area contributed by atoms with Gasteiger partial charge in [0.1, 0.15) is 5.82 Å². The van der Waals surface area contributed by atoms with Gasteiger partial charge in [-0.2, -0.15) is 0 Å². The van der Waals surface area contributed by atoms with Gasteiger partial charge in [0, 0.05) is 30.1 Å². The van der Waals surface area contributed by atoms with E-state index >= 15 is 0 Å². The van der Waals surface area contributed by atoms with Gasteiger partial charge >= 0.3 is 0 Å². The van der Waals surface area contributed by atoms with Crippen molar-refractivity contribution >= 4 is 28.6 Å². The Morgan fingerprint density at radius 2 is 2.18 bits per heavy atom. The van der Waals surface area contributed by atoms with Gasteiger partial charge in [-0.15, -0.1) is 11.3 Å². The SMILES string of the molecule is Cc1ccsc1CN(C)CCC(=O)Nc1cc(N)ccc1F. The van der Waals surface area contributed by atoms with Crippen molar-refractivity contribution in [1.82, 2.24) is 4.90 Å². The molecule has 0 radical (unpaired) electrons. The Morgan fingerprint density at radius 1 is 1.41 bits per heavy atom. The number of aryl methyl sites for hydroxylation is 1. The summed E-state index contributed by atoms with van der Waals surface area (Å²) in [6.07, 6.45) is 0.301. The smallest absolute Gasteiger partial charge is 0.225 e. The Hall–Kier alpha value is -1.92. The van der Waals surface area contributed by atoms with Gasteiger partial charge in [-0.25, -0.2) is 4.39 Å². The van der Waals surface area contributed by atoms with Crippen molar-refractivity contribution in [2.45, 2.75) is 19.9 Å². The molecular formula is C16H20FN3OS. The first-order valence-electron chi connectivity index (χ1n) is 7.02. The monoisotopic (exact) mass is 321 g/mol. The van der Waals surface area contributed by atoms with Crippen LogP contribution < -0.4 is 11.1 Å². The molecule has 0 aliphatic carbocycles. The number of amides is 1. The van der Waals surface area contributed by atoms with E-state index in [0.717, 1.165) is 6.54 Å². The lowest BCUT2D eigenvalue weighted by molar-refractivity contribution is -0.116. The van der Waals surface area contributed by atoms with Gasteiger partial charge in [-0.3, -0.25) is 4.79 Å². The molecule has 1 heterocycles. The van der Waals surface area contributed by atoms with Gasteiger partial charge in [0.2, 0.25) is 5.91 Å². The lowest BCUT2D eigenvalue weighted by atomic mass is 10.2. The first-order valence-corrected chi connectivity index (χ1v) is 7.90. The molecule has 0 aliphatic heterocycles. The molecular weight excluding hydrogens is 301 g/mol. The van der Waals surface area contributed by atoms with Crippen LogP contribution in [0.1, 0.15) is 16.9 Å². The summed E-state index contributed by atoms with van der Waals surface area (Å²) in [6, 6.07) is 6.22. The van der Waals surface area contributed by atoms with Crippen molar-refractivity contribution in [2.75, 3.05) is 24.6 Å². The molecule has 0 unspecified atom stereocenters. The van der Waals surface area contributed by atoms with Crippen LogP contribution in [-0.2, 0) is 11.3 Å². The largest absolute Gasteiger partial charge is 0.399 e. The fourth-order valence-corrected chi connectivity index (χ4v) is 3.02. The number of hydrogen-bond donors (Lipinski definition) is 2. The van der Waals surface area contributed by atoms with Crippen LogP contribution >= 0.6 is 11.3 Å². The molecule has 4 nitrogen and oxygen atoms in total. The number of carbonyl (C=O) groups excluding carboxylic acids is 1. The van der Waals surface area contributed by atoms with Gasteiger partial charge < -0.3 is 16.0 Å². The van der Waals surface area contributed by atoms with Crippen molar-refractivity contribution in [3.05, 3.63) is 45.9 Å². The average molecular weight is 321 g/mol. The number of nitrogens with two attached hydrogens (primary N) is 1. The Kier molecular flexibility index (Phi) is 5.51. The summed E-state index contributed by atoms with van der Waals surface area (Å²) in [5, 5.41) is 4.62. The summed E-state index contributed by atoms with van der Waals surface area (Å²) in [5.74, 6) is -0.704. The molecule has 0 saturated heterocycles. The molecule has 1 amide bonds. The predicted molar refractivity (Wildman–Crippen MR) is 89.4 cm³/mol. The zero-order chi connectivity index (χ0) is 16.1. The number of thiophene rings is 1. The minimum atomic E-state index is -0.481. The third-order valence-corrected chi connectivity index (χ3v) is 4.37. The standard InChI is InChI=1S/C16H20FN3OS/c1-11-6-8-22-15(11)10-20(2)7-5-16(21)19-14-9-12(18)3-4-13(14)17/h3-4,6,8-9H,5,7,10,18H2,1-2H3,(H,19,21). The van der Waals surface area contributed by atoms with Crippen LogP contribution in [0, 0.1) is 12.7 Å². The van der Waals surface area contributed by atoms with Crippen LogP contribution in [0.25, 0.3) is 0 Å². The second-order valence-corrected chi connectivity index (χ2v) is 6.30. The van der Waals surface area contributed by atoms with Gasteiger partial charge in [0.15, 0.2) is 0 Å². The zero-order valence-electron chi connectivity index (χ0n) is 12.7. The van der Waals surface area contributed by atoms with E-state index in [1.54, 1.807) is 11.3 Å². The van der Waals surface area contributed by atoms with Crippen LogP contribution in [0.15, 0.2) is 29.6 Å². The maximum Gasteiger partial charge on any atom is 0.225 e. The van der Waals surface area contributed by atoms with E-state index in [1.807, 2.05) is 7.05 Å². The first-order chi connectivity index (χ1) is 10.5. The fourth-order valence-electron chi connectivity index (χ4n) is 2.03. The van der Waals surface area contributed by atoms with E-state index < -0.39 is 5.82 Å². The van der Waals surface area contributed by atoms with Crippen LogP contribution in [0.3, 0.4) is 0 Å². The lowest BCUT2D eigenvalue weighted by Gasteiger charge is -2.16. The predicted octanol–water partition coefficient (Wildman–Crippen LogP) is 3.24. The highest BCUT2D eigenvalue weighted by Crippen LogP contribution is 2.18. The topological polar surface area (TPSA) is 58.4 Å². The van der Waals surface area contributed by atoms with Gasteiger partial charge in [0.05, 0.1) is 5.69 Å². The summed E-state index contributed by atoms with van der Waals surface area (Å²) < 4.78 is 13.5. The second-order valence-electron chi connectivity index (χ2n) is 5.30. The van der Waals surface area contributed by atoms with E-state index in [0.29, 0.717) is 18.7 Å². The molecule has 2 rings (SSSR count). The highest BCUT2D eigenvalue weighted by molar-refractivity contribution is 7.10. The van der Waals surface area contributed by atoms with E-state index in [9.17, 15) is 9.18 Å². The number of rotatable bonds is 6. The zero-order valence-corrected chi connectivity index (χ0v) is 13.5. The Labute approximate surface area is 133 Å². The maximum atomic E-state index is 13.5. The summed E-state index contributed by atoms with van der Waals surface area (Å²) in [7, 11) is 1.97. The van der Waals surface area contributed by atoms with Gasteiger partial charge in [-0.05, 0) is 49.2 Å². The number of nitrogens with zero attached hydrogens (tertiary/aromatic N) is 1. The quantitative estimate of drug-likeness (QED) is 0.803. The molecule has 0 saturated carbocycles. The molecule has 118 valence electrons. The third-order valence-electron chi connectivity index (χ3n) is 3.37. The van der Waals surface area contributed by atoms with Crippen LogP contribution in [0.4, 0.5) is 15.8 Å². The fraction of sp³-hybridized carbons (Fsp3) is 0.312. The normalized spacial score (nSPS) is 10.9. The molecule has 0 aliphatic rings. The third kappa shape index (κ3) is 4.54. The first kappa shape index (κ1) is 16.5. The second kappa shape index (κ2) is 7.38. The number of anilines is 2. The number of halogens is 1. The molecule has 1 aromatic carbocycles. The van der Waals surface area contributed by atoms with Crippen LogP contribution in [0.2, 0.25) is 0 Å². The van der Waals surface area contributed by atoms with Crippen molar-refractivity contribution < 1.29 is 9.18 Å². The summed E-state index contributed by atoms with van der Waals surface area (Å²) in [5.41, 5.74) is 7.40. The van der Waals surface area contributed by atoms with Crippen molar-refractivity contribution in [3.8, 4) is 0 Å². The number of benzene rings is 1. The van der Waals surface area contributed by atoms with Gasteiger partial charge in [0.25, 0.3) is 0 Å².